The molecule has 108 valence electrons. The molecule has 0 fully saturated rings. The van der Waals surface area contributed by atoms with Gasteiger partial charge in [0, 0.05) is 6.54 Å². The van der Waals surface area contributed by atoms with Crippen LogP contribution in [0.1, 0.15) is 20.8 Å². The Labute approximate surface area is 132 Å². The molecule has 0 saturated carbocycles. The number of hydrogen-bond donors (Lipinski definition) is 1. The first kappa shape index (κ1) is 16.8. The second-order valence-electron chi connectivity index (χ2n) is 4.90. The van der Waals surface area contributed by atoms with Crippen molar-refractivity contribution in [1.82, 2.24) is 5.32 Å². The van der Waals surface area contributed by atoms with Crippen LogP contribution >= 0.6 is 31.9 Å². The lowest BCUT2D eigenvalue weighted by molar-refractivity contribution is 0.214. The molecule has 1 N–H and O–H groups in total. The zero-order valence-electron chi connectivity index (χ0n) is 11.8. The molecule has 3 nitrogen and oxygen atoms in total. The molecule has 1 aromatic carbocycles. The number of methoxy groups -OCH3 is 1. The molecule has 1 unspecified atom stereocenters. The monoisotopic (exact) mass is 393 g/mol. The van der Waals surface area contributed by atoms with Crippen LogP contribution in [-0.4, -0.2) is 26.3 Å². The average Bonchev–Trinajstić information content (AvgIpc) is 2.32. The number of ether oxygens (including phenoxy) is 2. The first-order chi connectivity index (χ1) is 8.93. The summed E-state index contributed by atoms with van der Waals surface area (Å²) < 4.78 is 12.9. The van der Waals surface area contributed by atoms with Gasteiger partial charge in [0.1, 0.15) is 17.6 Å². The van der Waals surface area contributed by atoms with Crippen molar-refractivity contribution in [3.63, 3.8) is 0 Å². The summed E-state index contributed by atoms with van der Waals surface area (Å²) in [5.41, 5.74) is 0. The molecule has 1 rings (SSSR count). The van der Waals surface area contributed by atoms with Crippen molar-refractivity contribution in [3.8, 4) is 11.5 Å². The first-order valence-corrected chi connectivity index (χ1v) is 7.93. The van der Waals surface area contributed by atoms with Crippen LogP contribution in [-0.2, 0) is 0 Å². The van der Waals surface area contributed by atoms with Crippen molar-refractivity contribution < 1.29 is 9.47 Å². The van der Waals surface area contributed by atoms with Crippen molar-refractivity contribution in [1.29, 1.82) is 0 Å². The van der Waals surface area contributed by atoms with Gasteiger partial charge in [0.15, 0.2) is 0 Å². The van der Waals surface area contributed by atoms with Gasteiger partial charge in [-0.15, -0.1) is 0 Å². The lowest BCUT2D eigenvalue weighted by Gasteiger charge is -2.18. The number of halogens is 2. The number of benzene rings is 1. The molecule has 0 aliphatic carbocycles. The summed E-state index contributed by atoms with van der Waals surface area (Å²) >= 11 is 6.96. The van der Waals surface area contributed by atoms with Crippen LogP contribution in [0, 0.1) is 5.92 Å². The van der Waals surface area contributed by atoms with E-state index in [0.717, 1.165) is 33.5 Å². The van der Waals surface area contributed by atoms with Crippen molar-refractivity contribution in [2.24, 2.45) is 5.92 Å². The molecule has 1 aromatic rings. The van der Waals surface area contributed by atoms with Crippen molar-refractivity contribution in [3.05, 3.63) is 21.1 Å². The van der Waals surface area contributed by atoms with Crippen LogP contribution in [0.25, 0.3) is 0 Å². The van der Waals surface area contributed by atoms with Gasteiger partial charge in [0.25, 0.3) is 0 Å². The minimum Gasteiger partial charge on any atom is -0.496 e. The van der Waals surface area contributed by atoms with Gasteiger partial charge in [0.05, 0.1) is 16.1 Å². The van der Waals surface area contributed by atoms with Gasteiger partial charge >= 0.3 is 0 Å². The van der Waals surface area contributed by atoms with Crippen molar-refractivity contribution >= 4 is 31.9 Å². The maximum atomic E-state index is 5.91. The van der Waals surface area contributed by atoms with Gasteiger partial charge < -0.3 is 14.8 Å². The van der Waals surface area contributed by atoms with Crippen LogP contribution in [0.3, 0.4) is 0 Å². The fourth-order valence-corrected chi connectivity index (χ4v) is 2.49. The molecule has 19 heavy (non-hydrogen) atoms. The Balaban J connectivity index is 2.59. The van der Waals surface area contributed by atoms with E-state index in [1.165, 1.54) is 0 Å². The van der Waals surface area contributed by atoms with Gasteiger partial charge in [-0.25, -0.2) is 0 Å². The molecule has 1 atom stereocenters. The Bertz CT molecular complexity index is 411. The first-order valence-electron chi connectivity index (χ1n) is 6.34. The fourth-order valence-electron chi connectivity index (χ4n) is 1.59. The summed E-state index contributed by atoms with van der Waals surface area (Å²) in [6, 6.07) is 3.82. The van der Waals surface area contributed by atoms with Crippen LogP contribution in [0.5, 0.6) is 11.5 Å². The summed E-state index contributed by atoms with van der Waals surface area (Å²) in [6.07, 6.45) is 0.107. The van der Waals surface area contributed by atoms with Crippen molar-refractivity contribution in [2.45, 2.75) is 26.9 Å². The van der Waals surface area contributed by atoms with E-state index in [0.29, 0.717) is 5.92 Å². The van der Waals surface area contributed by atoms with E-state index in [1.54, 1.807) is 7.11 Å². The molecular weight excluding hydrogens is 374 g/mol. The topological polar surface area (TPSA) is 30.5 Å². The fraction of sp³-hybridized carbons (Fsp3) is 0.571. The maximum absolute atomic E-state index is 5.91. The van der Waals surface area contributed by atoms with Gasteiger partial charge in [-0.1, -0.05) is 13.8 Å². The summed E-state index contributed by atoms with van der Waals surface area (Å²) in [5, 5.41) is 3.38. The molecule has 0 radical (unpaired) electrons. The quantitative estimate of drug-likeness (QED) is 0.750. The third-order valence-electron chi connectivity index (χ3n) is 2.52. The Morgan fingerprint density at radius 1 is 1.05 bits per heavy atom. The van der Waals surface area contributed by atoms with Gasteiger partial charge in [0.2, 0.25) is 0 Å². The minimum atomic E-state index is 0.107. The highest BCUT2D eigenvalue weighted by atomic mass is 79.9. The molecule has 0 spiro atoms. The second kappa shape index (κ2) is 8.12. The molecule has 0 saturated heterocycles. The summed E-state index contributed by atoms with van der Waals surface area (Å²) in [4.78, 5) is 0. The van der Waals surface area contributed by atoms with Gasteiger partial charge in [-0.05, 0) is 63.4 Å². The standard InChI is InChI=1S/C14H21Br2NO2/c1-9(2)7-17-8-10(3)19-14-6-11(15)13(18-4)5-12(14)16/h5-6,9-10,17H,7-8H2,1-4H3. The largest absolute Gasteiger partial charge is 0.496 e. The van der Waals surface area contributed by atoms with Gasteiger partial charge in [-0.3, -0.25) is 0 Å². The van der Waals surface area contributed by atoms with Crippen LogP contribution in [0.15, 0.2) is 21.1 Å². The molecular formula is C14H21Br2NO2. The molecule has 0 heterocycles. The molecule has 0 aromatic heterocycles. The highest BCUT2D eigenvalue weighted by Gasteiger charge is 2.11. The van der Waals surface area contributed by atoms with E-state index in [9.17, 15) is 0 Å². The summed E-state index contributed by atoms with van der Waals surface area (Å²) in [6.45, 7) is 8.26. The van der Waals surface area contributed by atoms with E-state index in [4.69, 9.17) is 9.47 Å². The minimum absolute atomic E-state index is 0.107. The summed E-state index contributed by atoms with van der Waals surface area (Å²) in [7, 11) is 1.64. The number of hydrogen-bond acceptors (Lipinski definition) is 3. The lowest BCUT2D eigenvalue weighted by Crippen LogP contribution is -2.31. The van der Waals surface area contributed by atoms with E-state index in [-0.39, 0.29) is 6.10 Å². The average molecular weight is 395 g/mol. The SMILES string of the molecule is COc1cc(Br)c(OC(C)CNCC(C)C)cc1Br. The number of rotatable bonds is 7. The third-order valence-corrected chi connectivity index (χ3v) is 3.76. The Morgan fingerprint density at radius 3 is 2.21 bits per heavy atom. The normalized spacial score (nSPS) is 12.6. The van der Waals surface area contributed by atoms with Crippen LogP contribution in [0.4, 0.5) is 0 Å². The van der Waals surface area contributed by atoms with E-state index in [2.05, 4.69) is 57.9 Å². The predicted molar refractivity (Wildman–Crippen MR) is 86.2 cm³/mol. The van der Waals surface area contributed by atoms with E-state index >= 15 is 0 Å². The highest BCUT2D eigenvalue weighted by molar-refractivity contribution is 9.11. The zero-order valence-corrected chi connectivity index (χ0v) is 15.0. The Kier molecular flexibility index (Phi) is 7.18. The summed E-state index contributed by atoms with van der Waals surface area (Å²) in [5.74, 6) is 2.24. The molecule has 0 amide bonds. The van der Waals surface area contributed by atoms with Crippen molar-refractivity contribution in [2.75, 3.05) is 20.2 Å². The Hall–Kier alpha value is -0.260. The van der Waals surface area contributed by atoms with E-state index < -0.39 is 0 Å². The van der Waals surface area contributed by atoms with Gasteiger partial charge in [-0.2, -0.15) is 0 Å². The molecule has 0 bridgehead atoms. The highest BCUT2D eigenvalue weighted by Crippen LogP contribution is 2.36. The van der Waals surface area contributed by atoms with E-state index in [1.807, 2.05) is 12.1 Å². The number of nitrogens with one attached hydrogen (secondary N) is 1. The predicted octanol–water partition coefficient (Wildman–Crippen LogP) is 4.23. The smallest absolute Gasteiger partial charge is 0.135 e. The third kappa shape index (κ3) is 5.71. The zero-order chi connectivity index (χ0) is 14.4. The van der Waals surface area contributed by atoms with Crippen LogP contribution in [0.2, 0.25) is 0 Å². The molecule has 5 heteroatoms. The lowest BCUT2D eigenvalue weighted by atomic mass is 10.2. The Morgan fingerprint density at radius 2 is 1.63 bits per heavy atom. The molecule has 0 aliphatic heterocycles. The van der Waals surface area contributed by atoms with Crippen LogP contribution < -0.4 is 14.8 Å². The maximum Gasteiger partial charge on any atom is 0.135 e. The second-order valence-corrected chi connectivity index (χ2v) is 6.61. The molecule has 0 aliphatic rings.